The van der Waals surface area contributed by atoms with Crippen LogP contribution in [0.15, 0.2) is 24.3 Å². The lowest BCUT2D eigenvalue weighted by atomic mass is 10.1. The van der Waals surface area contributed by atoms with Gasteiger partial charge in [-0.15, -0.1) is 0 Å². The molecule has 0 aliphatic carbocycles. The summed E-state index contributed by atoms with van der Waals surface area (Å²) in [6.45, 7) is 5.09. The van der Waals surface area contributed by atoms with Gasteiger partial charge >= 0.3 is 0 Å². The van der Waals surface area contributed by atoms with Gasteiger partial charge in [0.15, 0.2) is 0 Å². The van der Waals surface area contributed by atoms with E-state index in [1.807, 2.05) is 0 Å². The average Bonchev–Trinajstić information content (AvgIpc) is 2.37. The Morgan fingerprint density at radius 3 is 2.50 bits per heavy atom. The normalized spacial score (nSPS) is 10.3. The summed E-state index contributed by atoms with van der Waals surface area (Å²) in [6, 6.07) is 8.54. The molecule has 2 nitrogen and oxygen atoms in total. The summed E-state index contributed by atoms with van der Waals surface area (Å²) in [7, 11) is 0. The van der Waals surface area contributed by atoms with Gasteiger partial charge in [-0.1, -0.05) is 49.6 Å². The Balaban J connectivity index is 2.10. The van der Waals surface area contributed by atoms with Crippen molar-refractivity contribution in [2.24, 2.45) is 0 Å². The van der Waals surface area contributed by atoms with Gasteiger partial charge in [0.25, 0.3) is 0 Å². The molecule has 1 aromatic carbocycles. The third kappa shape index (κ3) is 6.43. The second-order valence-electron chi connectivity index (χ2n) is 4.90. The van der Waals surface area contributed by atoms with Crippen molar-refractivity contribution in [3.63, 3.8) is 0 Å². The Morgan fingerprint density at radius 1 is 1.11 bits per heavy atom. The highest BCUT2D eigenvalue weighted by Crippen LogP contribution is 2.07. The van der Waals surface area contributed by atoms with E-state index < -0.39 is 0 Å². The zero-order valence-electron chi connectivity index (χ0n) is 11.7. The van der Waals surface area contributed by atoms with E-state index in [1.54, 1.807) is 0 Å². The third-order valence-corrected chi connectivity index (χ3v) is 3.09. The van der Waals surface area contributed by atoms with Gasteiger partial charge in [0.05, 0.1) is 0 Å². The van der Waals surface area contributed by atoms with Gasteiger partial charge in [0.1, 0.15) is 0 Å². The standard InChI is InChI=1S/C16H25NO/c1-3-4-5-13-17-16(18)8-6-7-15-11-9-14(2)10-12-15/h9-12H,3-8,13H2,1-2H3,(H,17,18). The predicted molar refractivity (Wildman–Crippen MR) is 76.7 cm³/mol. The number of hydrogen-bond acceptors (Lipinski definition) is 1. The maximum Gasteiger partial charge on any atom is 0.220 e. The summed E-state index contributed by atoms with van der Waals surface area (Å²) in [5, 5.41) is 2.97. The molecule has 1 aromatic rings. The zero-order chi connectivity index (χ0) is 13.2. The maximum atomic E-state index is 11.5. The van der Waals surface area contributed by atoms with E-state index >= 15 is 0 Å². The smallest absolute Gasteiger partial charge is 0.220 e. The molecule has 100 valence electrons. The molecule has 18 heavy (non-hydrogen) atoms. The summed E-state index contributed by atoms with van der Waals surface area (Å²) < 4.78 is 0. The highest BCUT2D eigenvalue weighted by atomic mass is 16.1. The number of rotatable bonds is 8. The Kier molecular flexibility index (Phi) is 7.16. The number of amides is 1. The fourth-order valence-electron chi connectivity index (χ4n) is 1.90. The monoisotopic (exact) mass is 247 g/mol. The quantitative estimate of drug-likeness (QED) is 0.698. The molecule has 1 rings (SSSR count). The minimum Gasteiger partial charge on any atom is -0.356 e. The molecule has 0 heterocycles. The lowest BCUT2D eigenvalue weighted by molar-refractivity contribution is -0.121. The Morgan fingerprint density at radius 2 is 1.83 bits per heavy atom. The number of hydrogen-bond donors (Lipinski definition) is 1. The Labute approximate surface area is 111 Å². The minimum atomic E-state index is 0.193. The van der Waals surface area contributed by atoms with Gasteiger partial charge in [-0.05, 0) is 31.7 Å². The first-order valence-corrected chi connectivity index (χ1v) is 7.04. The molecule has 0 aromatic heterocycles. The van der Waals surface area contributed by atoms with Crippen LogP contribution in [0, 0.1) is 6.92 Å². The molecule has 1 N–H and O–H groups in total. The summed E-state index contributed by atoms with van der Waals surface area (Å²) in [4.78, 5) is 11.5. The Hall–Kier alpha value is -1.31. The summed E-state index contributed by atoms with van der Waals surface area (Å²) >= 11 is 0. The van der Waals surface area contributed by atoms with Gasteiger partial charge < -0.3 is 5.32 Å². The molecule has 0 bridgehead atoms. The first kappa shape index (κ1) is 14.7. The molecule has 0 aliphatic rings. The van der Waals surface area contributed by atoms with Crippen LogP contribution in [0.4, 0.5) is 0 Å². The largest absolute Gasteiger partial charge is 0.356 e. The molecule has 0 radical (unpaired) electrons. The van der Waals surface area contributed by atoms with E-state index in [-0.39, 0.29) is 5.91 Å². The summed E-state index contributed by atoms with van der Waals surface area (Å²) in [5.41, 5.74) is 2.60. The van der Waals surface area contributed by atoms with Gasteiger partial charge in [-0.25, -0.2) is 0 Å². The van der Waals surface area contributed by atoms with Gasteiger partial charge in [0, 0.05) is 13.0 Å². The highest BCUT2D eigenvalue weighted by Gasteiger charge is 2.00. The topological polar surface area (TPSA) is 29.1 Å². The van der Waals surface area contributed by atoms with E-state index in [0.29, 0.717) is 6.42 Å². The number of aryl methyl sites for hydroxylation is 2. The minimum absolute atomic E-state index is 0.193. The van der Waals surface area contributed by atoms with Crippen LogP contribution in [0.3, 0.4) is 0 Å². The lowest BCUT2D eigenvalue weighted by Crippen LogP contribution is -2.24. The van der Waals surface area contributed by atoms with Crippen molar-refractivity contribution >= 4 is 5.91 Å². The molecule has 1 amide bonds. The van der Waals surface area contributed by atoms with Crippen molar-refractivity contribution in [2.75, 3.05) is 6.54 Å². The van der Waals surface area contributed by atoms with Crippen molar-refractivity contribution in [1.29, 1.82) is 0 Å². The molecule has 0 aliphatic heterocycles. The molecule has 0 atom stereocenters. The van der Waals surface area contributed by atoms with Crippen LogP contribution < -0.4 is 5.32 Å². The lowest BCUT2D eigenvalue weighted by Gasteiger charge is -2.05. The molecule has 0 saturated carbocycles. The molecular weight excluding hydrogens is 222 g/mol. The fourth-order valence-corrected chi connectivity index (χ4v) is 1.90. The molecule has 2 heteroatoms. The van der Waals surface area contributed by atoms with Crippen molar-refractivity contribution < 1.29 is 4.79 Å². The SMILES string of the molecule is CCCCCNC(=O)CCCc1ccc(C)cc1. The third-order valence-electron chi connectivity index (χ3n) is 3.09. The van der Waals surface area contributed by atoms with Crippen molar-refractivity contribution in [3.05, 3.63) is 35.4 Å². The average molecular weight is 247 g/mol. The van der Waals surface area contributed by atoms with Crippen molar-refractivity contribution in [1.82, 2.24) is 5.32 Å². The number of unbranched alkanes of at least 4 members (excludes halogenated alkanes) is 2. The summed E-state index contributed by atoms with van der Waals surface area (Å²) in [6.07, 6.45) is 6.05. The molecule has 0 unspecified atom stereocenters. The van der Waals surface area contributed by atoms with E-state index in [2.05, 4.69) is 43.4 Å². The van der Waals surface area contributed by atoms with Gasteiger partial charge in [-0.3, -0.25) is 4.79 Å². The van der Waals surface area contributed by atoms with E-state index in [9.17, 15) is 4.79 Å². The molecule has 0 spiro atoms. The van der Waals surface area contributed by atoms with Crippen LogP contribution in [-0.2, 0) is 11.2 Å². The zero-order valence-corrected chi connectivity index (χ0v) is 11.7. The first-order valence-electron chi connectivity index (χ1n) is 7.04. The second-order valence-corrected chi connectivity index (χ2v) is 4.90. The first-order chi connectivity index (χ1) is 8.72. The number of nitrogens with one attached hydrogen (secondary N) is 1. The maximum absolute atomic E-state index is 11.5. The van der Waals surface area contributed by atoms with Crippen LogP contribution in [0.25, 0.3) is 0 Å². The fraction of sp³-hybridized carbons (Fsp3) is 0.562. The predicted octanol–water partition coefficient (Wildman–Crippen LogP) is 3.62. The van der Waals surface area contributed by atoms with Gasteiger partial charge in [0.2, 0.25) is 5.91 Å². The van der Waals surface area contributed by atoms with Crippen LogP contribution in [0.5, 0.6) is 0 Å². The van der Waals surface area contributed by atoms with Crippen LogP contribution in [0.1, 0.15) is 50.2 Å². The van der Waals surface area contributed by atoms with Crippen LogP contribution >= 0.6 is 0 Å². The van der Waals surface area contributed by atoms with E-state index in [4.69, 9.17) is 0 Å². The molecular formula is C16H25NO. The number of benzene rings is 1. The second kappa shape index (κ2) is 8.73. The molecule has 0 saturated heterocycles. The van der Waals surface area contributed by atoms with Gasteiger partial charge in [-0.2, -0.15) is 0 Å². The Bertz CT molecular complexity index is 343. The van der Waals surface area contributed by atoms with Crippen molar-refractivity contribution in [2.45, 2.75) is 52.4 Å². The van der Waals surface area contributed by atoms with Crippen LogP contribution in [0.2, 0.25) is 0 Å². The van der Waals surface area contributed by atoms with Crippen LogP contribution in [-0.4, -0.2) is 12.5 Å². The van der Waals surface area contributed by atoms with Crippen molar-refractivity contribution in [3.8, 4) is 0 Å². The number of carbonyl (C=O) groups is 1. The number of carbonyl (C=O) groups excluding carboxylic acids is 1. The summed E-state index contributed by atoms with van der Waals surface area (Å²) in [5.74, 6) is 0.193. The van der Waals surface area contributed by atoms with E-state index in [1.165, 1.54) is 24.0 Å². The highest BCUT2D eigenvalue weighted by molar-refractivity contribution is 5.75. The molecule has 0 fully saturated rings. The van der Waals surface area contributed by atoms with E-state index in [0.717, 1.165) is 25.8 Å².